The fraction of sp³-hybridized carbons (Fsp3) is 0.300. The van der Waals surface area contributed by atoms with Crippen LogP contribution in [0.2, 0.25) is 0 Å². The quantitative estimate of drug-likeness (QED) is 0.932. The predicted molar refractivity (Wildman–Crippen MR) is 95.3 cm³/mol. The molecule has 4 nitrogen and oxygen atoms in total. The van der Waals surface area contributed by atoms with Crippen molar-refractivity contribution in [1.29, 1.82) is 0 Å². The van der Waals surface area contributed by atoms with Gasteiger partial charge in [0.05, 0.1) is 0 Å². The molecule has 4 heteroatoms. The van der Waals surface area contributed by atoms with Gasteiger partial charge in [0.1, 0.15) is 0 Å². The van der Waals surface area contributed by atoms with Gasteiger partial charge in [0.2, 0.25) is 0 Å². The van der Waals surface area contributed by atoms with Crippen molar-refractivity contribution in [1.82, 2.24) is 4.90 Å². The van der Waals surface area contributed by atoms with Crippen LogP contribution in [0, 0.1) is 6.92 Å². The lowest BCUT2D eigenvalue weighted by Gasteiger charge is -2.26. The third kappa shape index (κ3) is 3.65. The maximum absolute atomic E-state index is 12.4. The molecule has 3 rings (SSSR count). The van der Waals surface area contributed by atoms with E-state index < -0.39 is 0 Å². The molecule has 0 atom stereocenters. The zero-order chi connectivity index (χ0) is 16.9. The van der Waals surface area contributed by atoms with Crippen LogP contribution in [0.1, 0.15) is 45.5 Å². The van der Waals surface area contributed by atoms with Gasteiger partial charge < -0.3 is 10.2 Å². The van der Waals surface area contributed by atoms with E-state index in [1.165, 1.54) is 6.42 Å². The first-order valence-corrected chi connectivity index (χ1v) is 8.41. The highest BCUT2D eigenvalue weighted by atomic mass is 16.2. The largest absolute Gasteiger partial charge is 0.339 e. The van der Waals surface area contributed by atoms with Crippen molar-refractivity contribution < 1.29 is 9.59 Å². The molecule has 1 fully saturated rings. The maximum atomic E-state index is 12.4. The summed E-state index contributed by atoms with van der Waals surface area (Å²) >= 11 is 0. The summed E-state index contributed by atoms with van der Waals surface area (Å²) in [5, 5.41) is 2.88. The van der Waals surface area contributed by atoms with Gasteiger partial charge in [0.15, 0.2) is 0 Å². The Balaban J connectivity index is 1.67. The maximum Gasteiger partial charge on any atom is 0.255 e. The number of rotatable bonds is 3. The third-order valence-corrected chi connectivity index (χ3v) is 4.42. The van der Waals surface area contributed by atoms with E-state index in [-0.39, 0.29) is 11.8 Å². The van der Waals surface area contributed by atoms with Crippen molar-refractivity contribution in [2.45, 2.75) is 26.2 Å². The Kier molecular flexibility index (Phi) is 4.94. The highest BCUT2D eigenvalue weighted by Crippen LogP contribution is 2.17. The summed E-state index contributed by atoms with van der Waals surface area (Å²) in [5.74, 6) is -0.0605. The summed E-state index contributed by atoms with van der Waals surface area (Å²) in [4.78, 5) is 26.7. The molecular weight excluding hydrogens is 300 g/mol. The Morgan fingerprint density at radius 3 is 2.25 bits per heavy atom. The number of nitrogens with zero attached hydrogens (tertiary/aromatic N) is 1. The van der Waals surface area contributed by atoms with Gasteiger partial charge in [0, 0.05) is 29.9 Å². The van der Waals surface area contributed by atoms with E-state index in [0.29, 0.717) is 16.8 Å². The van der Waals surface area contributed by atoms with E-state index in [9.17, 15) is 9.59 Å². The molecule has 0 spiro atoms. The summed E-state index contributed by atoms with van der Waals surface area (Å²) in [5.41, 5.74) is 2.96. The Bertz CT molecular complexity index is 732. The fourth-order valence-corrected chi connectivity index (χ4v) is 3.00. The minimum Gasteiger partial charge on any atom is -0.339 e. The van der Waals surface area contributed by atoms with E-state index in [0.717, 1.165) is 31.5 Å². The van der Waals surface area contributed by atoms with Crippen molar-refractivity contribution in [2.75, 3.05) is 18.4 Å². The lowest BCUT2D eigenvalue weighted by Crippen LogP contribution is -2.35. The van der Waals surface area contributed by atoms with Crippen molar-refractivity contribution in [2.24, 2.45) is 0 Å². The van der Waals surface area contributed by atoms with Crippen molar-refractivity contribution >= 4 is 17.5 Å². The first kappa shape index (κ1) is 16.2. The van der Waals surface area contributed by atoms with Gasteiger partial charge in [-0.05, 0) is 62.1 Å². The van der Waals surface area contributed by atoms with Gasteiger partial charge >= 0.3 is 0 Å². The Hall–Kier alpha value is -2.62. The minimum atomic E-state index is -0.136. The lowest BCUT2D eigenvalue weighted by molar-refractivity contribution is 0.0724. The van der Waals surface area contributed by atoms with Crippen LogP contribution in [-0.2, 0) is 0 Å². The van der Waals surface area contributed by atoms with Gasteiger partial charge in [-0.3, -0.25) is 9.59 Å². The van der Waals surface area contributed by atoms with Crippen LogP contribution in [0.25, 0.3) is 0 Å². The number of hydrogen-bond donors (Lipinski definition) is 1. The molecule has 24 heavy (non-hydrogen) atoms. The Morgan fingerprint density at radius 2 is 1.58 bits per heavy atom. The summed E-state index contributed by atoms with van der Waals surface area (Å²) in [6, 6.07) is 14.6. The number of piperidine rings is 1. The molecule has 0 bridgehead atoms. The van der Waals surface area contributed by atoms with E-state index in [2.05, 4.69) is 5.32 Å². The third-order valence-electron chi connectivity index (χ3n) is 4.42. The van der Waals surface area contributed by atoms with Crippen LogP contribution in [0.15, 0.2) is 48.5 Å². The van der Waals surface area contributed by atoms with Crippen LogP contribution < -0.4 is 5.32 Å². The first-order valence-electron chi connectivity index (χ1n) is 8.41. The monoisotopic (exact) mass is 322 g/mol. The van der Waals surface area contributed by atoms with Crippen LogP contribution in [0.5, 0.6) is 0 Å². The minimum absolute atomic E-state index is 0.0754. The van der Waals surface area contributed by atoms with Gasteiger partial charge in [-0.1, -0.05) is 18.2 Å². The molecule has 2 aromatic rings. The SMILES string of the molecule is Cc1ccccc1C(=O)Nc1ccc(C(=O)N2CCCCC2)cc1. The molecule has 0 unspecified atom stereocenters. The smallest absolute Gasteiger partial charge is 0.255 e. The fourth-order valence-electron chi connectivity index (χ4n) is 3.00. The molecule has 2 aromatic carbocycles. The van der Waals surface area contributed by atoms with Crippen LogP contribution >= 0.6 is 0 Å². The van der Waals surface area contributed by atoms with Gasteiger partial charge in [0.25, 0.3) is 11.8 Å². The number of amides is 2. The van der Waals surface area contributed by atoms with Crippen molar-refractivity contribution in [3.05, 3.63) is 65.2 Å². The zero-order valence-electron chi connectivity index (χ0n) is 13.9. The molecule has 1 N–H and O–H groups in total. The summed E-state index contributed by atoms with van der Waals surface area (Å²) in [6.07, 6.45) is 3.36. The molecular formula is C20H22N2O2. The Labute approximate surface area is 142 Å². The average Bonchev–Trinajstić information content (AvgIpc) is 2.63. The number of likely N-dealkylation sites (tertiary alicyclic amines) is 1. The second-order valence-electron chi connectivity index (χ2n) is 6.20. The molecule has 0 aromatic heterocycles. The number of nitrogens with one attached hydrogen (secondary N) is 1. The molecule has 0 aliphatic carbocycles. The summed E-state index contributed by atoms with van der Waals surface area (Å²) in [7, 11) is 0. The summed E-state index contributed by atoms with van der Waals surface area (Å²) < 4.78 is 0. The number of aryl methyl sites for hydroxylation is 1. The van der Waals surface area contributed by atoms with Gasteiger partial charge in [-0.15, -0.1) is 0 Å². The number of anilines is 1. The highest BCUT2D eigenvalue weighted by molar-refractivity contribution is 6.05. The van der Waals surface area contributed by atoms with E-state index in [4.69, 9.17) is 0 Å². The molecule has 0 radical (unpaired) electrons. The highest BCUT2D eigenvalue weighted by Gasteiger charge is 2.18. The molecule has 2 amide bonds. The van der Waals surface area contributed by atoms with Crippen molar-refractivity contribution in [3.63, 3.8) is 0 Å². The molecule has 1 heterocycles. The number of benzene rings is 2. The van der Waals surface area contributed by atoms with Crippen molar-refractivity contribution in [3.8, 4) is 0 Å². The molecule has 0 saturated carbocycles. The zero-order valence-corrected chi connectivity index (χ0v) is 13.9. The second-order valence-corrected chi connectivity index (χ2v) is 6.20. The van der Waals surface area contributed by atoms with Gasteiger partial charge in [-0.25, -0.2) is 0 Å². The standard InChI is InChI=1S/C20H22N2O2/c1-15-7-3-4-8-18(15)19(23)21-17-11-9-16(10-12-17)20(24)22-13-5-2-6-14-22/h3-4,7-12H,2,5-6,13-14H2,1H3,(H,21,23). The topological polar surface area (TPSA) is 49.4 Å². The average molecular weight is 322 g/mol. The van der Waals surface area contributed by atoms with E-state index >= 15 is 0 Å². The number of carbonyl (C=O) groups is 2. The number of hydrogen-bond acceptors (Lipinski definition) is 2. The molecule has 1 aliphatic rings. The number of carbonyl (C=O) groups excluding carboxylic acids is 2. The molecule has 1 saturated heterocycles. The van der Waals surface area contributed by atoms with E-state index in [1.807, 2.05) is 30.0 Å². The van der Waals surface area contributed by atoms with E-state index in [1.54, 1.807) is 30.3 Å². The predicted octanol–water partition coefficient (Wildman–Crippen LogP) is 3.87. The second kappa shape index (κ2) is 7.30. The van der Waals surface area contributed by atoms with Crippen LogP contribution in [0.4, 0.5) is 5.69 Å². The Morgan fingerprint density at radius 1 is 0.917 bits per heavy atom. The normalized spacial score (nSPS) is 14.3. The lowest BCUT2D eigenvalue weighted by atomic mass is 10.1. The molecule has 124 valence electrons. The summed E-state index contributed by atoms with van der Waals surface area (Å²) in [6.45, 7) is 3.59. The molecule has 1 aliphatic heterocycles. The first-order chi connectivity index (χ1) is 11.6. The van der Waals surface area contributed by atoms with Crippen LogP contribution in [0.3, 0.4) is 0 Å². The van der Waals surface area contributed by atoms with Crippen LogP contribution in [-0.4, -0.2) is 29.8 Å². The van der Waals surface area contributed by atoms with Gasteiger partial charge in [-0.2, -0.15) is 0 Å².